The molecule has 2 rings (SSSR count). The van der Waals surface area contributed by atoms with E-state index in [4.69, 9.17) is 4.74 Å². The van der Waals surface area contributed by atoms with Crippen molar-refractivity contribution in [2.24, 2.45) is 0 Å². The van der Waals surface area contributed by atoms with E-state index in [0.29, 0.717) is 6.04 Å². The van der Waals surface area contributed by atoms with Gasteiger partial charge in [-0.25, -0.2) is 4.79 Å². The number of nitrogens with zero attached hydrogens (tertiary/aromatic N) is 1. The summed E-state index contributed by atoms with van der Waals surface area (Å²) < 4.78 is 5.31. The third-order valence-electron chi connectivity index (χ3n) is 3.99. The molecule has 5 nitrogen and oxygen atoms in total. The lowest BCUT2D eigenvalue weighted by atomic mass is 9.91. The topological polar surface area (TPSA) is 63.2 Å². The highest BCUT2D eigenvalue weighted by molar-refractivity contribution is 5.68. The summed E-state index contributed by atoms with van der Waals surface area (Å²) in [5.74, 6) is 0. The fourth-order valence-electron chi connectivity index (χ4n) is 2.87. The van der Waals surface area contributed by atoms with Crippen LogP contribution in [0.3, 0.4) is 0 Å². The molecule has 1 aromatic heterocycles. The Kier molecular flexibility index (Phi) is 6.39. The minimum atomic E-state index is -0.436. The molecule has 0 atom stereocenters. The molecule has 23 heavy (non-hydrogen) atoms. The minimum Gasteiger partial charge on any atom is -0.444 e. The Bertz CT molecular complexity index is 477. The fourth-order valence-corrected chi connectivity index (χ4v) is 2.87. The van der Waals surface area contributed by atoms with Crippen LogP contribution in [-0.4, -0.2) is 35.3 Å². The lowest BCUT2D eigenvalue weighted by Gasteiger charge is -2.30. The van der Waals surface area contributed by atoms with Gasteiger partial charge in [-0.1, -0.05) is 6.07 Å². The number of ether oxygens (including phenoxy) is 1. The van der Waals surface area contributed by atoms with Gasteiger partial charge in [-0.05, 0) is 58.6 Å². The standard InChI is InChI=1S/C18H29N3O2/c1-18(2,3)23-17(22)21-16-9-7-15(8-10-16)20-13-11-14-6-4-5-12-19-14/h4-6,12,15-16,20H,7-11,13H2,1-3H3,(H,21,22). The molecule has 2 N–H and O–H groups in total. The molecule has 0 saturated heterocycles. The van der Waals surface area contributed by atoms with Gasteiger partial charge in [-0.15, -0.1) is 0 Å². The lowest BCUT2D eigenvalue weighted by Crippen LogP contribution is -2.44. The highest BCUT2D eigenvalue weighted by Crippen LogP contribution is 2.19. The molecule has 1 fully saturated rings. The van der Waals surface area contributed by atoms with E-state index in [1.165, 1.54) is 0 Å². The summed E-state index contributed by atoms with van der Waals surface area (Å²) in [5.41, 5.74) is 0.689. The van der Waals surface area contributed by atoms with Gasteiger partial charge in [0.15, 0.2) is 0 Å². The van der Waals surface area contributed by atoms with Crippen LogP contribution in [0.4, 0.5) is 4.79 Å². The van der Waals surface area contributed by atoms with Gasteiger partial charge in [0.25, 0.3) is 0 Å². The molecular weight excluding hydrogens is 290 g/mol. The number of hydrogen-bond donors (Lipinski definition) is 2. The van der Waals surface area contributed by atoms with E-state index in [1.807, 2.05) is 39.1 Å². The van der Waals surface area contributed by atoms with Crippen molar-refractivity contribution in [2.75, 3.05) is 6.54 Å². The van der Waals surface area contributed by atoms with Crippen molar-refractivity contribution in [3.05, 3.63) is 30.1 Å². The number of pyridine rings is 1. The number of carbonyl (C=O) groups excluding carboxylic acids is 1. The maximum Gasteiger partial charge on any atom is 0.407 e. The van der Waals surface area contributed by atoms with Crippen LogP contribution < -0.4 is 10.6 Å². The van der Waals surface area contributed by atoms with Gasteiger partial charge in [0, 0.05) is 36.9 Å². The maximum absolute atomic E-state index is 11.8. The molecule has 0 radical (unpaired) electrons. The fraction of sp³-hybridized carbons (Fsp3) is 0.667. The molecule has 1 amide bonds. The van der Waals surface area contributed by atoms with Crippen LogP contribution >= 0.6 is 0 Å². The highest BCUT2D eigenvalue weighted by atomic mass is 16.6. The monoisotopic (exact) mass is 319 g/mol. The van der Waals surface area contributed by atoms with E-state index in [-0.39, 0.29) is 12.1 Å². The summed E-state index contributed by atoms with van der Waals surface area (Å²) in [6, 6.07) is 6.80. The number of rotatable bonds is 5. The summed E-state index contributed by atoms with van der Waals surface area (Å²) >= 11 is 0. The average Bonchev–Trinajstić information content (AvgIpc) is 2.48. The number of amides is 1. The number of hydrogen-bond acceptors (Lipinski definition) is 4. The normalized spacial score (nSPS) is 21.7. The summed E-state index contributed by atoms with van der Waals surface area (Å²) in [6.07, 6.45) is 6.66. The summed E-state index contributed by atoms with van der Waals surface area (Å²) in [6.45, 7) is 6.60. The zero-order valence-corrected chi connectivity index (χ0v) is 14.5. The largest absolute Gasteiger partial charge is 0.444 e. The molecule has 0 spiro atoms. The first-order valence-corrected chi connectivity index (χ1v) is 8.55. The first-order valence-electron chi connectivity index (χ1n) is 8.55. The Morgan fingerprint density at radius 2 is 1.91 bits per heavy atom. The molecule has 128 valence electrons. The van der Waals surface area contributed by atoms with Gasteiger partial charge in [0.2, 0.25) is 0 Å². The summed E-state index contributed by atoms with van der Waals surface area (Å²) in [4.78, 5) is 16.1. The van der Waals surface area contributed by atoms with E-state index in [9.17, 15) is 4.79 Å². The van der Waals surface area contributed by atoms with Gasteiger partial charge in [0.1, 0.15) is 5.60 Å². The van der Waals surface area contributed by atoms with Gasteiger partial charge in [-0.3, -0.25) is 4.98 Å². The van der Waals surface area contributed by atoms with Gasteiger partial charge < -0.3 is 15.4 Å². The quantitative estimate of drug-likeness (QED) is 0.875. The number of carbonyl (C=O) groups is 1. The van der Waals surface area contributed by atoms with Crippen molar-refractivity contribution in [1.82, 2.24) is 15.6 Å². The van der Waals surface area contributed by atoms with Crippen LogP contribution in [0.2, 0.25) is 0 Å². The molecule has 5 heteroatoms. The molecule has 0 aliphatic heterocycles. The Hall–Kier alpha value is -1.62. The van der Waals surface area contributed by atoms with Crippen molar-refractivity contribution < 1.29 is 9.53 Å². The third-order valence-corrected chi connectivity index (χ3v) is 3.99. The third kappa shape index (κ3) is 6.99. The predicted molar refractivity (Wildman–Crippen MR) is 91.4 cm³/mol. The van der Waals surface area contributed by atoms with Gasteiger partial charge in [-0.2, -0.15) is 0 Å². The van der Waals surface area contributed by atoms with Crippen molar-refractivity contribution >= 4 is 6.09 Å². The lowest BCUT2D eigenvalue weighted by molar-refractivity contribution is 0.0490. The Morgan fingerprint density at radius 3 is 2.52 bits per heavy atom. The van der Waals surface area contributed by atoms with E-state index in [1.54, 1.807) is 0 Å². The van der Waals surface area contributed by atoms with E-state index >= 15 is 0 Å². The van der Waals surface area contributed by atoms with Crippen LogP contribution in [0.15, 0.2) is 24.4 Å². The van der Waals surface area contributed by atoms with Crippen molar-refractivity contribution in [2.45, 2.75) is 70.6 Å². The Morgan fingerprint density at radius 1 is 1.22 bits per heavy atom. The highest BCUT2D eigenvalue weighted by Gasteiger charge is 2.24. The van der Waals surface area contributed by atoms with Crippen LogP contribution in [0.25, 0.3) is 0 Å². The average molecular weight is 319 g/mol. The second kappa shape index (κ2) is 8.29. The molecule has 0 unspecified atom stereocenters. The van der Waals surface area contributed by atoms with Crippen molar-refractivity contribution in [3.63, 3.8) is 0 Å². The van der Waals surface area contributed by atoms with Gasteiger partial charge in [0.05, 0.1) is 0 Å². The molecule has 1 aromatic rings. The SMILES string of the molecule is CC(C)(C)OC(=O)NC1CCC(NCCc2ccccn2)CC1. The van der Waals surface area contributed by atoms with Crippen LogP contribution in [0.1, 0.15) is 52.1 Å². The maximum atomic E-state index is 11.8. The molecule has 1 aliphatic rings. The number of alkyl carbamates (subject to hydrolysis) is 1. The van der Waals surface area contributed by atoms with Crippen LogP contribution in [0.5, 0.6) is 0 Å². The predicted octanol–water partition coefficient (Wildman–Crippen LogP) is 3.05. The van der Waals surface area contributed by atoms with Gasteiger partial charge >= 0.3 is 6.09 Å². The van der Waals surface area contributed by atoms with E-state index in [2.05, 4.69) is 21.7 Å². The van der Waals surface area contributed by atoms with Crippen LogP contribution in [0, 0.1) is 0 Å². The molecule has 1 saturated carbocycles. The van der Waals surface area contributed by atoms with E-state index < -0.39 is 5.60 Å². The first kappa shape index (κ1) is 17.7. The number of nitrogens with one attached hydrogen (secondary N) is 2. The molecule has 0 aromatic carbocycles. The van der Waals surface area contributed by atoms with Crippen molar-refractivity contribution in [1.29, 1.82) is 0 Å². The van der Waals surface area contributed by atoms with Crippen LogP contribution in [-0.2, 0) is 11.2 Å². The second-order valence-electron chi connectivity index (χ2n) is 7.22. The van der Waals surface area contributed by atoms with E-state index in [0.717, 1.165) is 44.3 Å². The molecular formula is C18H29N3O2. The first-order chi connectivity index (χ1) is 10.9. The molecule has 1 aliphatic carbocycles. The zero-order chi connectivity index (χ0) is 16.7. The Balaban J connectivity index is 1.61. The summed E-state index contributed by atoms with van der Waals surface area (Å²) in [5, 5.41) is 6.58. The number of aromatic nitrogens is 1. The second-order valence-corrected chi connectivity index (χ2v) is 7.22. The Labute approximate surface area is 139 Å². The zero-order valence-electron chi connectivity index (χ0n) is 14.5. The minimum absolute atomic E-state index is 0.235. The van der Waals surface area contributed by atoms with Crippen molar-refractivity contribution in [3.8, 4) is 0 Å². The smallest absolute Gasteiger partial charge is 0.407 e. The molecule has 1 heterocycles. The molecule has 0 bridgehead atoms. The summed E-state index contributed by atoms with van der Waals surface area (Å²) in [7, 11) is 0.